The minimum atomic E-state index is 0.322. The Hall–Kier alpha value is -0.820. The van der Waals surface area contributed by atoms with Crippen molar-refractivity contribution in [2.45, 2.75) is 59.4 Å². The summed E-state index contributed by atoms with van der Waals surface area (Å²) < 4.78 is 0. The second-order valence-electron chi connectivity index (χ2n) is 8.25. The van der Waals surface area contributed by atoms with Crippen molar-refractivity contribution in [1.29, 1.82) is 0 Å². The predicted molar refractivity (Wildman–Crippen MR) is 83.7 cm³/mol. The summed E-state index contributed by atoms with van der Waals surface area (Å²) >= 11 is 0. The smallest absolute Gasteiger partial charge is 0.0125 e. The highest BCUT2D eigenvalue weighted by Crippen LogP contribution is 2.32. The third kappa shape index (κ3) is 3.82. The SMILES string of the molecule is CC(C)(C)Cc1ccc(C2CN(C(C)(C)C)C2)cc1. The van der Waals surface area contributed by atoms with E-state index in [0.29, 0.717) is 11.0 Å². The molecule has 19 heavy (non-hydrogen) atoms. The molecule has 0 saturated carbocycles. The molecule has 1 saturated heterocycles. The molecule has 1 heteroatoms. The quantitative estimate of drug-likeness (QED) is 0.757. The maximum atomic E-state index is 2.56. The lowest BCUT2D eigenvalue weighted by Gasteiger charge is -2.48. The molecular formula is C18H29N. The van der Waals surface area contributed by atoms with Gasteiger partial charge in [-0.2, -0.15) is 0 Å². The third-order valence-corrected chi connectivity index (χ3v) is 4.02. The Bertz CT molecular complexity index is 410. The molecule has 0 spiro atoms. The van der Waals surface area contributed by atoms with Crippen molar-refractivity contribution in [2.24, 2.45) is 5.41 Å². The van der Waals surface area contributed by atoms with Gasteiger partial charge in [-0.1, -0.05) is 45.0 Å². The Morgan fingerprint density at radius 1 is 0.947 bits per heavy atom. The molecule has 0 bridgehead atoms. The standard InChI is InChI=1S/C18H29N/c1-17(2,3)11-14-7-9-15(10-8-14)16-12-19(13-16)18(4,5)6/h7-10,16H,11-13H2,1-6H3. The number of likely N-dealkylation sites (tertiary alicyclic amines) is 1. The van der Waals surface area contributed by atoms with E-state index >= 15 is 0 Å². The van der Waals surface area contributed by atoms with Crippen LogP contribution in [0.2, 0.25) is 0 Å². The average Bonchev–Trinajstić information content (AvgIpc) is 2.13. The largest absolute Gasteiger partial charge is 0.297 e. The number of nitrogens with zero attached hydrogens (tertiary/aromatic N) is 1. The molecule has 1 heterocycles. The Labute approximate surface area is 119 Å². The fraction of sp³-hybridized carbons (Fsp3) is 0.667. The molecule has 0 aliphatic carbocycles. The molecule has 1 fully saturated rings. The molecule has 2 rings (SSSR count). The summed E-state index contributed by atoms with van der Waals surface area (Å²) in [6, 6.07) is 9.32. The van der Waals surface area contributed by atoms with Gasteiger partial charge in [-0.15, -0.1) is 0 Å². The molecule has 0 N–H and O–H groups in total. The highest BCUT2D eigenvalue weighted by atomic mass is 15.2. The normalized spacial score (nSPS) is 18.4. The summed E-state index contributed by atoms with van der Waals surface area (Å²) in [5.74, 6) is 0.739. The summed E-state index contributed by atoms with van der Waals surface area (Å²) in [4.78, 5) is 2.56. The minimum Gasteiger partial charge on any atom is -0.297 e. The van der Waals surface area contributed by atoms with Gasteiger partial charge < -0.3 is 0 Å². The lowest BCUT2D eigenvalue weighted by atomic mass is 9.84. The number of rotatable bonds is 2. The van der Waals surface area contributed by atoms with Gasteiger partial charge in [-0.25, -0.2) is 0 Å². The van der Waals surface area contributed by atoms with E-state index in [1.165, 1.54) is 24.2 Å². The molecule has 0 aromatic heterocycles. The highest BCUT2D eigenvalue weighted by molar-refractivity contribution is 5.28. The van der Waals surface area contributed by atoms with E-state index in [4.69, 9.17) is 0 Å². The molecule has 1 nitrogen and oxygen atoms in total. The zero-order valence-corrected chi connectivity index (χ0v) is 13.5. The number of hydrogen-bond acceptors (Lipinski definition) is 1. The maximum absolute atomic E-state index is 2.56. The van der Waals surface area contributed by atoms with Crippen LogP contribution in [0.3, 0.4) is 0 Å². The van der Waals surface area contributed by atoms with Crippen LogP contribution < -0.4 is 0 Å². The van der Waals surface area contributed by atoms with E-state index in [2.05, 4.69) is 70.7 Å². The summed E-state index contributed by atoms with van der Waals surface area (Å²) in [5.41, 5.74) is 3.67. The first-order valence-electron chi connectivity index (χ1n) is 7.49. The van der Waals surface area contributed by atoms with Gasteiger partial charge in [0, 0.05) is 24.5 Å². The molecule has 0 atom stereocenters. The molecule has 0 radical (unpaired) electrons. The van der Waals surface area contributed by atoms with Gasteiger partial charge in [0.1, 0.15) is 0 Å². The van der Waals surface area contributed by atoms with Crippen LogP contribution in [0.25, 0.3) is 0 Å². The third-order valence-electron chi connectivity index (χ3n) is 4.02. The molecular weight excluding hydrogens is 230 g/mol. The summed E-state index contributed by atoms with van der Waals surface area (Å²) in [5, 5.41) is 0. The Kier molecular flexibility index (Phi) is 3.79. The number of benzene rings is 1. The lowest BCUT2D eigenvalue weighted by Crippen LogP contribution is -2.54. The Balaban J connectivity index is 1.94. The highest BCUT2D eigenvalue weighted by Gasteiger charge is 2.34. The van der Waals surface area contributed by atoms with Crippen molar-refractivity contribution < 1.29 is 0 Å². The van der Waals surface area contributed by atoms with Gasteiger partial charge in [0.2, 0.25) is 0 Å². The second kappa shape index (κ2) is 4.94. The molecule has 1 aliphatic heterocycles. The van der Waals surface area contributed by atoms with Gasteiger partial charge in [0.25, 0.3) is 0 Å². The van der Waals surface area contributed by atoms with Crippen LogP contribution >= 0.6 is 0 Å². The van der Waals surface area contributed by atoms with Crippen LogP contribution in [0.1, 0.15) is 58.6 Å². The summed E-state index contributed by atoms with van der Waals surface area (Å²) in [7, 11) is 0. The second-order valence-corrected chi connectivity index (χ2v) is 8.25. The summed E-state index contributed by atoms with van der Waals surface area (Å²) in [6.45, 7) is 16.2. The van der Waals surface area contributed by atoms with Crippen molar-refractivity contribution in [3.8, 4) is 0 Å². The lowest BCUT2D eigenvalue weighted by molar-refractivity contribution is 0.0470. The predicted octanol–water partition coefficient (Wildman–Crippen LogP) is 4.47. The number of hydrogen-bond donors (Lipinski definition) is 0. The van der Waals surface area contributed by atoms with Crippen LogP contribution in [0.5, 0.6) is 0 Å². The molecule has 1 aliphatic rings. The van der Waals surface area contributed by atoms with Crippen molar-refractivity contribution in [3.05, 3.63) is 35.4 Å². The molecule has 0 amide bonds. The topological polar surface area (TPSA) is 3.24 Å². The monoisotopic (exact) mass is 259 g/mol. The van der Waals surface area contributed by atoms with E-state index in [1.54, 1.807) is 0 Å². The zero-order valence-electron chi connectivity index (χ0n) is 13.5. The van der Waals surface area contributed by atoms with Gasteiger partial charge in [0.05, 0.1) is 0 Å². The first-order chi connectivity index (χ1) is 8.65. The van der Waals surface area contributed by atoms with Crippen molar-refractivity contribution in [1.82, 2.24) is 4.90 Å². The van der Waals surface area contributed by atoms with Crippen molar-refractivity contribution >= 4 is 0 Å². The van der Waals surface area contributed by atoms with Crippen molar-refractivity contribution in [3.63, 3.8) is 0 Å². The van der Waals surface area contributed by atoms with Gasteiger partial charge in [0.15, 0.2) is 0 Å². The fourth-order valence-electron chi connectivity index (χ4n) is 2.76. The van der Waals surface area contributed by atoms with Crippen LogP contribution in [0.4, 0.5) is 0 Å². The fourth-order valence-corrected chi connectivity index (χ4v) is 2.76. The Morgan fingerprint density at radius 2 is 1.47 bits per heavy atom. The minimum absolute atomic E-state index is 0.322. The van der Waals surface area contributed by atoms with E-state index < -0.39 is 0 Å². The molecule has 0 unspecified atom stereocenters. The zero-order chi connectivity index (χ0) is 14.3. The van der Waals surface area contributed by atoms with Gasteiger partial charge in [-0.3, -0.25) is 4.90 Å². The molecule has 106 valence electrons. The van der Waals surface area contributed by atoms with Crippen LogP contribution in [0, 0.1) is 5.41 Å². The van der Waals surface area contributed by atoms with E-state index in [1.807, 2.05) is 0 Å². The van der Waals surface area contributed by atoms with Crippen LogP contribution in [-0.2, 0) is 6.42 Å². The Morgan fingerprint density at radius 3 is 1.89 bits per heavy atom. The average molecular weight is 259 g/mol. The maximum Gasteiger partial charge on any atom is 0.0125 e. The van der Waals surface area contributed by atoms with Crippen molar-refractivity contribution in [2.75, 3.05) is 13.1 Å². The van der Waals surface area contributed by atoms with E-state index in [9.17, 15) is 0 Å². The molecule has 1 aromatic carbocycles. The first-order valence-corrected chi connectivity index (χ1v) is 7.49. The van der Waals surface area contributed by atoms with E-state index in [0.717, 1.165) is 12.3 Å². The van der Waals surface area contributed by atoms with Crippen LogP contribution in [-0.4, -0.2) is 23.5 Å². The molecule has 1 aromatic rings. The first kappa shape index (κ1) is 14.6. The summed E-state index contributed by atoms with van der Waals surface area (Å²) in [6.07, 6.45) is 1.16. The van der Waals surface area contributed by atoms with E-state index in [-0.39, 0.29) is 0 Å². The van der Waals surface area contributed by atoms with Crippen LogP contribution in [0.15, 0.2) is 24.3 Å². The van der Waals surface area contributed by atoms with Gasteiger partial charge >= 0.3 is 0 Å². The van der Waals surface area contributed by atoms with Gasteiger partial charge in [-0.05, 0) is 43.7 Å².